The Hall–Kier alpha value is -1.70. The first-order valence-electron chi connectivity index (χ1n) is 5.43. The van der Waals surface area contributed by atoms with E-state index in [2.05, 4.69) is 9.71 Å². The minimum absolute atomic E-state index is 0.0116. The van der Waals surface area contributed by atoms with Crippen LogP contribution in [0.15, 0.2) is 47.5 Å². The lowest BCUT2D eigenvalue weighted by atomic mass is 10.3. The topological polar surface area (TPSA) is 85.1 Å². The lowest BCUT2D eigenvalue weighted by molar-refractivity contribution is 0.601. The van der Waals surface area contributed by atoms with Crippen LogP contribution in [0.1, 0.15) is 5.69 Å². The fourth-order valence-corrected chi connectivity index (χ4v) is 2.76. The van der Waals surface area contributed by atoms with Gasteiger partial charge in [0.15, 0.2) is 0 Å². The number of nitrogens with two attached hydrogens (primary N) is 1. The van der Waals surface area contributed by atoms with E-state index in [0.717, 1.165) is 0 Å². The number of rotatable bonds is 4. The van der Waals surface area contributed by atoms with E-state index in [4.69, 9.17) is 29.6 Å². The number of hydrogen-bond acceptors (Lipinski definition) is 4. The third kappa shape index (κ3) is 3.44. The number of nitrogens with one attached hydrogen (secondary N) is 1. The maximum absolute atomic E-state index is 12.1. The summed E-state index contributed by atoms with van der Waals surface area (Å²) in [6.07, 6.45) is 1.20. The molecule has 104 valence electrons. The molecule has 2 aromatic rings. The van der Waals surface area contributed by atoms with Crippen molar-refractivity contribution in [2.45, 2.75) is 4.90 Å². The van der Waals surface area contributed by atoms with Crippen LogP contribution in [0, 0.1) is 0 Å². The quantitative estimate of drug-likeness (QED) is 0.841. The van der Waals surface area contributed by atoms with E-state index in [1.165, 1.54) is 24.4 Å². The zero-order chi connectivity index (χ0) is 14.8. The number of hydrogen-bond donors (Lipinski definition) is 2. The van der Waals surface area contributed by atoms with Crippen LogP contribution in [0.5, 0.6) is 0 Å². The van der Waals surface area contributed by atoms with Crippen molar-refractivity contribution in [3.05, 3.63) is 53.3 Å². The summed E-state index contributed by atoms with van der Waals surface area (Å²) in [4.78, 5) is 4.01. The van der Waals surface area contributed by atoms with Gasteiger partial charge in [-0.25, -0.2) is 8.42 Å². The number of pyridine rings is 1. The van der Waals surface area contributed by atoms with Crippen LogP contribution in [0.25, 0.3) is 0 Å². The molecule has 0 saturated carbocycles. The monoisotopic (exact) mass is 327 g/mol. The molecular formula is C12H10ClN3O2S2. The first-order valence-corrected chi connectivity index (χ1v) is 7.70. The van der Waals surface area contributed by atoms with Gasteiger partial charge >= 0.3 is 0 Å². The highest BCUT2D eigenvalue weighted by Crippen LogP contribution is 2.19. The number of anilines is 1. The number of thiocarbonyl (C=S) groups is 1. The maximum atomic E-state index is 12.1. The molecule has 2 rings (SSSR count). The second kappa shape index (κ2) is 5.74. The minimum Gasteiger partial charge on any atom is -0.388 e. The van der Waals surface area contributed by atoms with E-state index in [9.17, 15) is 8.42 Å². The van der Waals surface area contributed by atoms with E-state index < -0.39 is 10.0 Å². The largest absolute Gasteiger partial charge is 0.388 e. The molecule has 20 heavy (non-hydrogen) atoms. The van der Waals surface area contributed by atoms with E-state index in [0.29, 0.717) is 16.4 Å². The summed E-state index contributed by atoms with van der Waals surface area (Å²) in [7, 11) is -3.73. The third-order valence-corrected chi connectivity index (χ3v) is 4.19. The van der Waals surface area contributed by atoms with Crippen molar-refractivity contribution in [2.75, 3.05) is 4.72 Å². The van der Waals surface area contributed by atoms with Crippen LogP contribution >= 0.6 is 23.8 Å². The average molecular weight is 328 g/mol. The fraction of sp³-hybridized carbons (Fsp3) is 0. The molecule has 0 fully saturated rings. The van der Waals surface area contributed by atoms with Gasteiger partial charge in [-0.3, -0.25) is 9.71 Å². The lowest BCUT2D eigenvalue weighted by Crippen LogP contribution is -2.15. The molecule has 0 atom stereocenters. The Morgan fingerprint density at radius 1 is 1.30 bits per heavy atom. The van der Waals surface area contributed by atoms with Gasteiger partial charge in [0, 0.05) is 11.2 Å². The standard InChI is InChI=1S/C12H10ClN3O2S2/c13-8-2-1-3-9(6-8)16-20(17,18)10-4-5-11(12(14)19)15-7-10/h1-7,16H,(H2,14,19). The molecule has 8 heteroatoms. The molecule has 0 aliphatic rings. The SMILES string of the molecule is NC(=S)c1ccc(S(=O)(=O)Nc2cccc(Cl)c2)cn1. The average Bonchev–Trinajstić information content (AvgIpc) is 2.38. The molecule has 0 amide bonds. The fourth-order valence-electron chi connectivity index (χ4n) is 1.45. The molecule has 5 nitrogen and oxygen atoms in total. The number of nitrogens with zero attached hydrogens (tertiary/aromatic N) is 1. The molecule has 0 saturated heterocycles. The zero-order valence-corrected chi connectivity index (χ0v) is 12.5. The van der Waals surface area contributed by atoms with Gasteiger partial charge < -0.3 is 5.73 Å². The number of benzene rings is 1. The van der Waals surface area contributed by atoms with Crippen molar-refractivity contribution in [1.82, 2.24) is 4.98 Å². The molecule has 0 aliphatic heterocycles. The lowest BCUT2D eigenvalue weighted by Gasteiger charge is -2.08. The van der Waals surface area contributed by atoms with Crippen molar-refractivity contribution < 1.29 is 8.42 Å². The highest BCUT2D eigenvalue weighted by Gasteiger charge is 2.15. The summed E-state index contributed by atoms with van der Waals surface area (Å²) in [6, 6.07) is 9.24. The van der Waals surface area contributed by atoms with Crippen LogP contribution in [0.2, 0.25) is 5.02 Å². The predicted molar refractivity (Wildman–Crippen MR) is 82.4 cm³/mol. The van der Waals surface area contributed by atoms with Crippen molar-refractivity contribution >= 4 is 44.5 Å². The molecule has 1 aromatic heterocycles. The normalized spacial score (nSPS) is 11.1. The Kier molecular flexibility index (Phi) is 4.22. The molecule has 0 bridgehead atoms. The van der Waals surface area contributed by atoms with Gasteiger partial charge in [-0.1, -0.05) is 29.9 Å². The van der Waals surface area contributed by atoms with Gasteiger partial charge in [-0.2, -0.15) is 0 Å². The van der Waals surface area contributed by atoms with Crippen LogP contribution in [0.4, 0.5) is 5.69 Å². The maximum Gasteiger partial charge on any atom is 0.263 e. The van der Waals surface area contributed by atoms with Crippen molar-refractivity contribution in [1.29, 1.82) is 0 Å². The zero-order valence-electron chi connectivity index (χ0n) is 10.1. The highest BCUT2D eigenvalue weighted by atomic mass is 35.5. The summed E-state index contributed by atoms with van der Waals surface area (Å²) in [5.41, 5.74) is 6.14. The summed E-state index contributed by atoms with van der Waals surface area (Å²) in [5.74, 6) is 0. The Morgan fingerprint density at radius 2 is 2.05 bits per heavy atom. The predicted octanol–water partition coefficient (Wildman–Crippen LogP) is 2.17. The van der Waals surface area contributed by atoms with Gasteiger partial charge in [0.05, 0.1) is 11.4 Å². The molecule has 1 aromatic carbocycles. The van der Waals surface area contributed by atoms with E-state index in [1.807, 2.05) is 0 Å². The molecule has 0 aliphatic carbocycles. The highest BCUT2D eigenvalue weighted by molar-refractivity contribution is 7.92. The summed E-state index contributed by atoms with van der Waals surface area (Å²) >= 11 is 10.6. The number of aromatic nitrogens is 1. The van der Waals surface area contributed by atoms with Gasteiger partial charge in [0.1, 0.15) is 9.88 Å². The molecule has 1 heterocycles. The third-order valence-electron chi connectivity index (χ3n) is 2.38. The summed E-state index contributed by atoms with van der Waals surface area (Å²) in [6.45, 7) is 0. The van der Waals surface area contributed by atoms with Crippen LogP contribution in [0.3, 0.4) is 0 Å². The second-order valence-corrected chi connectivity index (χ2v) is 6.42. The van der Waals surface area contributed by atoms with E-state index in [-0.39, 0.29) is 9.88 Å². The van der Waals surface area contributed by atoms with Crippen LogP contribution < -0.4 is 10.5 Å². The van der Waals surface area contributed by atoms with Gasteiger partial charge in [-0.15, -0.1) is 0 Å². The van der Waals surface area contributed by atoms with Gasteiger partial charge in [0.2, 0.25) is 0 Å². The van der Waals surface area contributed by atoms with Crippen molar-refractivity contribution in [3.63, 3.8) is 0 Å². The van der Waals surface area contributed by atoms with E-state index in [1.54, 1.807) is 18.2 Å². The van der Waals surface area contributed by atoms with Gasteiger partial charge in [-0.05, 0) is 30.3 Å². The molecule has 3 N–H and O–H groups in total. The van der Waals surface area contributed by atoms with Crippen LogP contribution in [-0.4, -0.2) is 18.4 Å². The minimum atomic E-state index is -3.73. The molecular weight excluding hydrogens is 318 g/mol. The van der Waals surface area contributed by atoms with Crippen molar-refractivity contribution in [2.24, 2.45) is 5.73 Å². The first kappa shape index (κ1) is 14.7. The molecule has 0 spiro atoms. The first-order chi connectivity index (χ1) is 9.38. The second-order valence-electron chi connectivity index (χ2n) is 3.86. The Labute approximate surface area is 126 Å². The van der Waals surface area contributed by atoms with E-state index >= 15 is 0 Å². The molecule has 0 radical (unpaired) electrons. The Bertz CT molecular complexity index is 746. The smallest absolute Gasteiger partial charge is 0.263 e. The molecule has 0 unspecified atom stereocenters. The van der Waals surface area contributed by atoms with Crippen molar-refractivity contribution in [3.8, 4) is 0 Å². The Morgan fingerprint density at radius 3 is 2.60 bits per heavy atom. The van der Waals surface area contributed by atoms with Gasteiger partial charge in [0.25, 0.3) is 10.0 Å². The number of halogens is 1. The number of sulfonamides is 1. The summed E-state index contributed by atoms with van der Waals surface area (Å²) in [5, 5.41) is 0.437. The Balaban J connectivity index is 2.28. The van der Waals surface area contributed by atoms with Crippen LogP contribution in [-0.2, 0) is 10.0 Å². The summed E-state index contributed by atoms with van der Waals surface area (Å²) < 4.78 is 26.7.